The Hall–Kier alpha value is -3.75. The van der Waals surface area contributed by atoms with Crippen molar-refractivity contribution in [3.05, 3.63) is 67.5 Å². The third-order valence-corrected chi connectivity index (χ3v) is 3.17. The highest BCUT2D eigenvalue weighted by Crippen LogP contribution is 2.43. The number of benzene rings is 2. The first-order valence-corrected chi connectivity index (χ1v) is 6.55. The number of nitrogens with zero attached hydrogens (tertiary/aromatic N) is 3. The van der Waals surface area contributed by atoms with Crippen LogP contribution in [-0.4, -0.2) is 9.85 Å². The Balaban J connectivity index is 2.69. The van der Waals surface area contributed by atoms with Crippen LogP contribution in [0.3, 0.4) is 0 Å². The fourth-order valence-corrected chi connectivity index (χ4v) is 2.04. The monoisotopic (exact) mass is 370 g/mol. The fraction of sp³-hybridized carbons (Fsp3) is 0.0714. The van der Waals surface area contributed by atoms with Crippen molar-refractivity contribution in [2.45, 2.75) is 6.18 Å². The minimum Gasteiger partial charge on any atom is -0.349 e. The summed E-state index contributed by atoms with van der Waals surface area (Å²) in [6, 6.07) is 4.66. The predicted molar refractivity (Wildman–Crippen MR) is 79.2 cm³/mol. The minimum atomic E-state index is -5.16. The zero-order valence-electron chi connectivity index (χ0n) is 12.4. The van der Waals surface area contributed by atoms with Crippen molar-refractivity contribution in [3.63, 3.8) is 0 Å². The Morgan fingerprint density at radius 2 is 1.73 bits per heavy atom. The molecule has 0 saturated carbocycles. The van der Waals surface area contributed by atoms with Gasteiger partial charge >= 0.3 is 6.18 Å². The van der Waals surface area contributed by atoms with E-state index in [-0.39, 0.29) is 17.3 Å². The number of nitro groups is 2. The van der Waals surface area contributed by atoms with E-state index >= 15 is 0 Å². The lowest BCUT2D eigenvalue weighted by molar-refractivity contribution is -0.394. The van der Waals surface area contributed by atoms with Crippen LogP contribution in [0.2, 0.25) is 0 Å². The van der Waals surface area contributed by atoms with Crippen LogP contribution >= 0.6 is 0 Å². The number of halogens is 4. The highest BCUT2D eigenvalue weighted by molar-refractivity contribution is 5.76. The van der Waals surface area contributed by atoms with Gasteiger partial charge in [-0.15, -0.1) is 0 Å². The number of rotatable bonds is 4. The molecule has 0 saturated heterocycles. The van der Waals surface area contributed by atoms with Crippen molar-refractivity contribution in [3.8, 4) is 6.07 Å². The molecule has 0 amide bonds. The van der Waals surface area contributed by atoms with E-state index in [0.717, 1.165) is 12.1 Å². The lowest BCUT2D eigenvalue weighted by atomic mass is 10.1. The van der Waals surface area contributed by atoms with Gasteiger partial charge in [0.1, 0.15) is 17.6 Å². The van der Waals surface area contributed by atoms with Crippen LogP contribution < -0.4 is 5.32 Å². The molecular weight excluding hydrogens is 364 g/mol. The summed E-state index contributed by atoms with van der Waals surface area (Å²) in [7, 11) is 0. The molecule has 134 valence electrons. The molecule has 0 atom stereocenters. The van der Waals surface area contributed by atoms with Gasteiger partial charge in [0.2, 0.25) is 0 Å². The largest absolute Gasteiger partial charge is 0.418 e. The number of nitro benzene ring substituents is 2. The molecule has 2 aromatic rings. The van der Waals surface area contributed by atoms with Crippen molar-refractivity contribution >= 4 is 22.7 Å². The van der Waals surface area contributed by atoms with Gasteiger partial charge < -0.3 is 5.32 Å². The van der Waals surface area contributed by atoms with Gasteiger partial charge in [-0.25, -0.2) is 4.39 Å². The molecular formula is C14H6F4N4O4. The van der Waals surface area contributed by atoms with Gasteiger partial charge in [0.25, 0.3) is 11.4 Å². The quantitative estimate of drug-likeness (QED) is 0.487. The summed E-state index contributed by atoms with van der Waals surface area (Å²) in [5.74, 6) is -1.06. The number of alkyl halides is 3. The van der Waals surface area contributed by atoms with Crippen molar-refractivity contribution in [2.75, 3.05) is 5.32 Å². The molecule has 0 spiro atoms. The molecule has 1 N–H and O–H groups in total. The van der Waals surface area contributed by atoms with Gasteiger partial charge in [-0.3, -0.25) is 20.2 Å². The second-order valence-corrected chi connectivity index (χ2v) is 4.83. The highest BCUT2D eigenvalue weighted by atomic mass is 19.4. The molecule has 0 fully saturated rings. The molecule has 2 aromatic carbocycles. The fourth-order valence-electron chi connectivity index (χ4n) is 2.04. The summed E-state index contributed by atoms with van der Waals surface area (Å²) in [6.07, 6.45) is -5.16. The zero-order chi connectivity index (χ0) is 19.6. The summed E-state index contributed by atoms with van der Waals surface area (Å²) in [5, 5.41) is 32.5. The first-order valence-electron chi connectivity index (χ1n) is 6.55. The molecule has 26 heavy (non-hydrogen) atoms. The second-order valence-electron chi connectivity index (χ2n) is 4.83. The lowest BCUT2D eigenvalue weighted by Crippen LogP contribution is -2.12. The summed E-state index contributed by atoms with van der Waals surface area (Å²) < 4.78 is 53.3. The Morgan fingerprint density at radius 1 is 1.08 bits per heavy atom. The number of hydrogen-bond donors (Lipinski definition) is 1. The van der Waals surface area contributed by atoms with Crippen LogP contribution in [0.15, 0.2) is 30.3 Å². The zero-order valence-corrected chi connectivity index (χ0v) is 12.4. The van der Waals surface area contributed by atoms with Gasteiger partial charge in [-0.2, -0.15) is 18.4 Å². The molecule has 2 rings (SSSR count). The maximum absolute atomic E-state index is 13.6. The molecule has 0 aromatic heterocycles. The maximum Gasteiger partial charge on any atom is 0.418 e. The number of anilines is 2. The highest BCUT2D eigenvalue weighted by Gasteiger charge is 2.39. The Kier molecular flexibility index (Phi) is 4.74. The lowest BCUT2D eigenvalue weighted by Gasteiger charge is -2.15. The van der Waals surface area contributed by atoms with E-state index in [1.54, 1.807) is 0 Å². The van der Waals surface area contributed by atoms with Crippen molar-refractivity contribution in [1.82, 2.24) is 0 Å². The van der Waals surface area contributed by atoms with E-state index in [1.807, 2.05) is 0 Å². The molecule has 0 heterocycles. The van der Waals surface area contributed by atoms with Crippen LogP contribution in [0.5, 0.6) is 0 Å². The van der Waals surface area contributed by atoms with Gasteiger partial charge in [-0.05, 0) is 18.2 Å². The molecule has 0 aliphatic rings. The van der Waals surface area contributed by atoms with E-state index in [1.165, 1.54) is 6.07 Å². The third-order valence-electron chi connectivity index (χ3n) is 3.17. The van der Waals surface area contributed by atoms with Crippen molar-refractivity contribution < 1.29 is 27.4 Å². The van der Waals surface area contributed by atoms with Crippen LogP contribution in [-0.2, 0) is 6.18 Å². The van der Waals surface area contributed by atoms with Crippen LogP contribution in [0, 0.1) is 37.4 Å². The SMILES string of the molecule is N#Cc1ccc(Nc2c([N+](=O)[O-])cc([N+](=O)[O-])cc2C(F)(F)F)cc1F. The normalized spacial score (nSPS) is 10.9. The van der Waals surface area contributed by atoms with Gasteiger partial charge in [0, 0.05) is 11.8 Å². The Morgan fingerprint density at radius 3 is 2.19 bits per heavy atom. The maximum atomic E-state index is 13.6. The molecule has 0 aliphatic heterocycles. The molecule has 0 bridgehead atoms. The first kappa shape index (κ1) is 18.6. The second kappa shape index (κ2) is 6.63. The molecule has 0 aliphatic carbocycles. The average Bonchev–Trinajstić information content (AvgIpc) is 2.53. The molecule has 0 unspecified atom stereocenters. The summed E-state index contributed by atoms with van der Waals surface area (Å²) in [6.45, 7) is 0. The summed E-state index contributed by atoms with van der Waals surface area (Å²) in [4.78, 5) is 19.4. The summed E-state index contributed by atoms with van der Waals surface area (Å²) >= 11 is 0. The first-order chi connectivity index (χ1) is 12.0. The van der Waals surface area contributed by atoms with Gasteiger partial charge in [0.15, 0.2) is 0 Å². The van der Waals surface area contributed by atoms with E-state index < -0.39 is 44.5 Å². The Labute approximate surface area is 141 Å². The molecule has 0 radical (unpaired) electrons. The van der Waals surface area contributed by atoms with Gasteiger partial charge in [-0.1, -0.05) is 0 Å². The van der Waals surface area contributed by atoms with Crippen LogP contribution in [0.1, 0.15) is 11.1 Å². The van der Waals surface area contributed by atoms with Crippen LogP contribution in [0.25, 0.3) is 0 Å². The van der Waals surface area contributed by atoms with E-state index in [4.69, 9.17) is 5.26 Å². The van der Waals surface area contributed by atoms with Crippen molar-refractivity contribution in [2.24, 2.45) is 0 Å². The minimum absolute atomic E-state index is 0.134. The average molecular weight is 370 g/mol. The smallest absolute Gasteiger partial charge is 0.349 e. The third kappa shape index (κ3) is 3.66. The number of non-ortho nitro benzene ring substituents is 1. The molecule has 12 heteroatoms. The standard InChI is InChI=1S/C14H6F4N4O4/c15-11-3-8(2-1-7(11)6-19)20-13-10(14(16,17)18)4-9(21(23)24)5-12(13)22(25)26/h1-5,20H. The Bertz CT molecular complexity index is 953. The molecule has 8 nitrogen and oxygen atoms in total. The number of nitrogens with one attached hydrogen (secondary N) is 1. The van der Waals surface area contributed by atoms with E-state index in [2.05, 4.69) is 5.32 Å². The van der Waals surface area contributed by atoms with E-state index in [9.17, 15) is 37.8 Å². The van der Waals surface area contributed by atoms with Gasteiger partial charge in [0.05, 0.1) is 27.0 Å². The van der Waals surface area contributed by atoms with E-state index in [0.29, 0.717) is 12.1 Å². The van der Waals surface area contributed by atoms with Crippen LogP contribution in [0.4, 0.5) is 40.3 Å². The number of nitriles is 1. The summed E-state index contributed by atoms with van der Waals surface area (Å²) in [5.41, 5.74) is -5.79. The van der Waals surface area contributed by atoms with Crippen molar-refractivity contribution in [1.29, 1.82) is 5.26 Å². The predicted octanol–water partition coefficient (Wildman–Crippen LogP) is 4.28. The topological polar surface area (TPSA) is 122 Å². The number of hydrogen-bond acceptors (Lipinski definition) is 6.